The molecule has 174 valence electrons. The van der Waals surface area contributed by atoms with E-state index in [1.165, 1.54) is 0 Å². The van der Waals surface area contributed by atoms with Crippen LogP contribution in [0.5, 0.6) is 5.88 Å². The van der Waals surface area contributed by atoms with E-state index in [4.69, 9.17) is 19.4 Å². The smallest absolute Gasteiger partial charge is 0.478 e. The number of carbonyl (C=O) groups excluding carboxylic acids is 1. The first-order chi connectivity index (χ1) is 14.5. The Morgan fingerprint density at radius 3 is 2.48 bits per heavy atom. The maximum Gasteiger partial charge on any atom is 0.490 e. The zero-order valence-electron chi connectivity index (χ0n) is 17.6. The van der Waals surface area contributed by atoms with Gasteiger partial charge >= 0.3 is 18.2 Å². The van der Waals surface area contributed by atoms with Crippen LogP contribution in [0.25, 0.3) is 0 Å². The van der Waals surface area contributed by atoms with Gasteiger partial charge in [0.1, 0.15) is 0 Å². The van der Waals surface area contributed by atoms with Crippen molar-refractivity contribution in [2.24, 2.45) is 5.92 Å². The monoisotopic (exact) mass is 447 g/mol. The van der Waals surface area contributed by atoms with Crippen LogP contribution in [0.15, 0.2) is 24.4 Å². The van der Waals surface area contributed by atoms with Crippen molar-refractivity contribution in [3.63, 3.8) is 0 Å². The van der Waals surface area contributed by atoms with Gasteiger partial charge in [-0.1, -0.05) is 6.07 Å². The molecule has 3 heterocycles. The molecule has 31 heavy (non-hydrogen) atoms. The summed E-state index contributed by atoms with van der Waals surface area (Å²) in [5.41, 5.74) is -0.0728. The van der Waals surface area contributed by atoms with Crippen molar-refractivity contribution >= 4 is 12.0 Å². The number of amides is 2. The average Bonchev–Trinajstić information content (AvgIpc) is 3.10. The van der Waals surface area contributed by atoms with E-state index in [0.29, 0.717) is 18.4 Å². The molecule has 0 radical (unpaired) electrons. The van der Waals surface area contributed by atoms with E-state index in [0.717, 1.165) is 45.4 Å². The van der Waals surface area contributed by atoms with Gasteiger partial charge in [-0.15, -0.1) is 0 Å². The third-order valence-electron chi connectivity index (χ3n) is 5.46. The molecule has 0 saturated carbocycles. The molecule has 2 amide bonds. The standard InChI is InChI=1S/C18H27N3O3.C2HF3O2/c1-20(2)17(22)21-11-8-18(9-12-21)15(7-14-24-18)6-13-23-16-5-3-4-10-19-16;3-2(4,5)1(6)7/h3-5,10,15H,6-9,11-14H2,1-2H3;(H,6,7). The van der Waals surface area contributed by atoms with Gasteiger partial charge in [0.05, 0.1) is 12.2 Å². The third-order valence-corrected chi connectivity index (χ3v) is 5.46. The quantitative estimate of drug-likeness (QED) is 0.763. The second-order valence-corrected chi connectivity index (χ2v) is 7.67. The minimum Gasteiger partial charge on any atom is -0.478 e. The number of likely N-dealkylation sites (tertiary alicyclic amines) is 1. The van der Waals surface area contributed by atoms with Crippen LogP contribution >= 0.6 is 0 Å². The molecule has 1 unspecified atom stereocenters. The summed E-state index contributed by atoms with van der Waals surface area (Å²) in [6.45, 7) is 3.02. The van der Waals surface area contributed by atoms with Crippen LogP contribution < -0.4 is 4.74 Å². The maximum absolute atomic E-state index is 12.1. The number of carboxylic acids is 1. The average molecular weight is 447 g/mol. The third kappa shape index (κ3) is 6.98. The number of hydrogen-bond donors (Lipinski definition) is 1. The topological polar surface area (TPSA) is 92.2 Å². The fourth-order valence-electron chi connectivity index (χ4n) is 3.84. The number of aliphatic carboxylic acids is 1. The van der Waals surface area contributed by atoms with Crippen molar-refractivity contribution < 1.29 is 37.3 Å². The van der Waals surface area contributed by atoms with Crippen LogP contribution in [0.1, 0.15) is 25.7 Å². The Kier molecular flexibility index (Phi) is 8.49. The van der Waals surface area contributed by atoms with Crippen molar-refractivity contribution in [1.82, 2.24) is 14.8 Å². The summed E-state index contributed by atoms with van der Waals surface area (Å²) in [5.74, 6) is -1.58. The summed E-state index contributed by atoms with van der Waals surface area (Å²) in [6, 6.07) is 5.79. The van der Waals surface area contributed by atoms with E-state index in [1.807, 2.05) is 23.1 Å². The van der Waals surface area contributed by atoms with Crippen molar-refractivity contribution in [2.75, 3.05) is 40.4 Å². The molecular weight excluding hydrogens is 419 g/mol. The molecule has 2 aliphatic heterocycles. The van der Waals surface area contributed by atoms with Gasteiger partial charge in [-0.3, -0.25) is 0 Å². The molecule has 0 bridgehead atoms. The number of pyridine rings is 1. The Morgan fingerprint density at radius 2 is 1.97 bits per heavy atom. The van der Waals surface area contributed by atoms with Crippen molar-refractivity contribution in [3.8, 4) is 5.88 Å². The Morgan fingerprint density at radius 1 is 1.32 bits per heavy atom. The molecule has 8 nitrogen and oxygen atoms in total. The Labute approximate surface area is 178 Å². The lowest BCUT2D eigenvalue weighted by Gasteiger charge is -2.42. The highest BCUT2D eigenvalue weighted by Crippen LogP contribution is 2.42. The predicted octanol–water partition coefficient (Wildman–Crippen LogP) is 3.04. The van der Waals surface area contributed by atoms with Crippen LogP contribution in [-0.2, 0) is 9.53 Å². The summed E-state index contributed by atoms with van der Waals surface area (Å²) >= 11 is 0. The fourth-order valence-corrected chi connectivity index (χ4v) is 3.84. The molecule has 1 atom stereocenters. The summed E-state index contributed by atoms with van der Waals surface area (Å²) in [7, 11) is 3.60. The Balaban J connectivity index is 0.000000423. The first-order valence-corrected chi connectivity index (χ1v) is 9.99. The first kappa shape index (κ1) is 24.7. The van der Waals surface area contributed by atoms with Crippen LogP contribution in [0, 0.1) is 5.92 Å². The first-order valence-electron chi connectivity index (χ1n) is 9.99. The Hall–Kier alpha value is -2.56. The molecule has 2 saturated heterocycles. The van der Waals surface area contributed by atoms with Gasteiger partial charge in [0.2, 0.25) is 5.88 Å². The summed E-state index contributed by atoms with van der Waals surface area (Å²) in [6.07, 6.45) is 0.542. The van der Waals surface area contributed by atoms with E-state index >= 15 is 0 Å². The lowest BCUT2D eigenvalue weighted by molar-refractivity contribution is -0.192. The highest BCUT2D eigenvalue weighted by molar-refractivity contribution is 5.74. The number of alkyl halides is 3. The minimum absolute atomic E-state index is 0.0728. The van der Waals surface area contributed by atoms with Crippen molar-refractivity contribution in [2.45, 2.75) is 37.5 Å². The van der Waals surface area contributed by atoms with Gasteiger partial charge in [-0.25, -0.2) is 14.6 Å². The molecule has 3 rings (SSSR count). The van der Waals surface area contributed by atoms with Gasteiger partial charge in [0.15, 0.2) is 0 Å². The molecule has 2 aliphatic rings. The summed E-state index contributed by atoms with van der Waals surface area (Å²) in [4.78, 5) is 28.8. The summed E-state index contributed by atoms with van der Waals surface area (Å²) < 4.78 is 43.7. The molecule has 2 fully saturated rings. The number of carboxylic acid groups (broad SMARTS) is 1. The number of carbonyl (C=O) groups is 2. The normalized spacial score (nSPS) is 20.0. The second kappa shape index (κ2) is 10.7. The van der Waals surface area contributed by atoms with E-state index in [2.05, 4.69) is 4.98 Å². The lowest BCUT2D eigenvalue weighted by atomic mass is 9.78. The van der Waals surface area contributed by atoms with Crippen LogP contribution in [0.4, 0.5) is 18.0 Å². The predicted molar refractivity (Wildman–Crippen MR) is 105 cm³/mol. The molecule has 1 aromatic heterocycles. The Bertz CT molecular complexity index is 723. The highest BCUT2D eigenvalue weighted by atomic mass is 19.4. The number of piperidine rings is 1. The number of nitrogens with zero attached hydrogens (tertiary/aromatic N) is 3. The van der Waals surface area contributed by atoms with Crippen LogP contribution in [0.3, 0.4) is 0 Å². The van der Waals surface area contributed by atoms with Crippen molar-refractivity contribution in [1.29, 1.82) is 0 Å². The highest BCUT2D eigenvalue weighted by Gasteiger charge is 2.46. The largest absolute Gasteiger partial charge is 0.490 e. The molecule has 0 aliphatic carbocycles. The van der Waals surface area contributed by atoms with E-state index in [9.17, 15) is 18.0 Å². The van der Waals surface area contributed by atoms with Gasteiger partial charge in [-0.2, -0.15) is 13.2 Å². The fraction of sp³-hybridized carbons (Fsp3) is 0.650. The number of urea groups is 1. The zero-order valence-corrected chi connectivity index (χ0v) is 17.6. The second-order valence-electron chi connectivity index (χ2n) is 7.67. The number of aromatic nitrogens is 1. The van der Waals surface area contributed by atoms with Crippen LogP contribution in [0.2, 0.25) is 0 Å². The van der Waals surface area contributed by atoms with E-state index < -0.39 is 12.1 Å². The van der Waals surface area contributed by atoms with Crippen LogP contribution in [-0.4, -0.2) is 84.1 Å². The molecule has 11 heteroatoms. The van der Waals surface area contributed by atoms with E-state index in [-0.39, 0.29) is 11.6 Å². The molecule has 1 N–H and O–H groups in total. The SMILES string of the molecule is CN(C)C(=O)N1CCC2(CC1)OCCC2CCOc1ccccn1.O=C(O)C(F)(F)F. The van der Waals surface area contributed by atoms with E-state index in [1.54, 1.807) is 25.2 Å². The van der Waals surface area contributed by atoms with Gasteiger partial charge < -0.3 is 24.4 Å². The zero-order chi connectivity index (χ0) is 23.1. The maximum atomic E-state index is 12.1. The minimum atomic E-state index is -5.08. The number of rotatable bonds is 4. The summed E-state index contributed by atoms with van der Waals surface area (Å²) in [5, 5.41) is 7.12. The lowest BCUT2D eigenvalue weighted by Crippen LogP contribution is -2.51. The van der Waals surface area contributed by atoms with Crippen molar-refractivity contribution in [3.05, 3.63) is 24.4 Å². The number of halogens is 3. The molecule has 1 aromatic rings. The molecule has 0 aromatic carbocycles. The molecule has 1 spiro atoms. The van der Waals surface area contributed by atoms with Gasteiger partial charge in [0, 0.05) is 46.1 Å². The number of hydrogen-bond acceptors (Lipinski definition) is 5. The number of ether oxygens (including phenoxy) is 2. The van der Waals surface area contributed by atoms with Gasteiger partial charge in [0.25, 0.3) is 0 Å². The van der Waals surface area contributed by atoms with Gasteiger partial charge in [-0.05, 0) is 37.7 Å². The molecular formula is C20H28F3N3O5.